The summed E-state index contributed by atoms with van der Waals surface area (Å²) in [5.74, 6) is -0.808. The first-order chi connectivity index (χ1) is 13.0. The van der Waals surface area contributed by atoms with Crippen molar-refractivity contribution in [3.63, 3.8) is 0 Å². The summed E-state index contributed by atoms with van der Waals surface area (Å²) in [7, 11) is 0. The van der Waals surface area contributed by atoms with Gasteiger partial charge in [0.15, 0.2) is 5.11 Å². The summed E-state index contributed by atoms with van der Waals surface area (Å²) in [6.07, 6.45) is 3.12. The number of nitrogens with zero attached hydrogens (tertiary/aromatic N) is 1. The fraction of sp³-hybridized carbons (Fsp3) is 0.150. The lowest BCUT2D eigenvalue weighted by Crippen LogP contribution is -2.43. The highest BCUT2D eigenvalue weighted by atomic mass is 35.5. The average molecular weight is 402 g/mol. The fourth-order valence-corrected chi connectivity index (χ4v) is 2.76. The lowest BCUT2D eigenvalue weighted by Gasteiger charge is -2.24. The molecular weight excluding hydrogens is 382 g/mol. The van der Waals surface area contributed by atoms with Crippen molar-refractivity contribution in [3.05, 3.63) is 76.8 Å². The molecule has 0 heterocycles. The third-order valence-electron chi connectivity index (χ3n) is 3.68. The molecule has 0 aliphatic heterocycles. The first-order valence-electron chi connectivity index (χ1n) is 8.30. The number of amides is 2. The van der Waals surface area contributed by atoms with E-state index in [0.717, 1.165) is 11.1 Å². The minimum absolute atomic E-state index is 0.137. The summed E-state index contributed by atoms with van der Waals surface area (Å²) < 4.78 is 0. The van der Waals surface area contributed by atoms with Gasteiger partial charge in [-0.05, 0) is 35.5 Å². The number of rotatable bonds is 7. The van der Waals surface area contributed by atoms with Crippen molar-refractivity contribution in [2.45, 2.75) is 13.0 Å². The Bertz CT molecular complexity index is 840. The Hall–Kier alpha value is -2.70. The molecule has 0 saturated carbocycles. The van der Waals surface area contributed by atoms with Crippen LogP contribution in [0.25, 0.3) is 6.08 Å². The largest absolute Gasteiger partial charge is 0.370 e. The first kappa shape index (κ1) is 20.6. The van der Waals surface area contributed by atoms with Crippen LogP contribution in [0.3, 0.4) is 0 Å². The van der Waals surface area contributed by atoms with Crippen molar-refractivity contribution in [3.8, 4) is 0 Å². The lowest BCUT2D eigenvalue weighted by atomic mass is 10.2. The Morgan fingerprint density at radius 3 is 2.44 bits per heavy atom. The van der Waals surface area contributed by atoms with Gasteiger partial charge in [-0.1, -0.05) is 60.1 Å². The maximum absolute atomic E-state index is 12.2. The van der Waals surface area contributed by atoms with Gasteiger partial charge in [-0.3, -0.25) is 14.9 Å². The van der Waals surface area contributed by atoms with Crippen molar-refractivity contribution in [2.75, 3.05) is 6.54 Å². The monoisotopic (exact) mass is 401 g/mol. The standard InChI is InChI=1S/C20H20ClN3O2S/c21-17-9-5-4-8-16(17)10-11-19(26)23-20(27)24(13-12-18(22)25)14-15-6-2-1-3-7-15/h1-11H,12-14H2,(H2,22,25)(H,23,26,27)/b11-10+. The number of halogens is 1. The van der Waals surface area contributed by atoms with Crippen LogP contribution in [-0.4, -0.2) is 28.4 Å². The molecule has 5 nitrogen and oxygen atoms in total. The molecular formula is C20H20ClN3O2S. The fourth-order valence-electron chi connectivity index (χ4n) is 2.30. The minimum atomic E-state index is -0.430. The second-order valence-corrected chi connectivity index (χ2v) is 6.57. The predicted octanol–water partition coefficient (Wildman–Crippen LogP) is 3.13. The molecule has 0 aliphatic rings. The zero-order valence-electron chi connectivity index (χ0n) is 14.6. The van der Waals surface area contributed by atoms with Gasteiger partial charge in [0, 0.05) is 30.6 Å². The molecule has 0 radical (unpaired) electrons. The molecule has 0 unspecified atom stereocenters. The van der Waals surface area contributed by atoms with E-state index in [4.69, 9.17) is 29.6 Å². The van der Waals surface area contributed by atoms with E-state index >= 15 is 0 Å². The maximum Gasteiger partial charge on any atom is 0.250 e. The summed E-state index contributed by atoms with van der Waals surface area (Å²) in [6.45, 7) is 0.777. The number of nitrogens with one attached hydrogen (secondary N) is 1. The number of nitrogens with two attached hydrogens (primary N) is 1. The zero-order valence-corrected chi connectivity index (χ0v) is 16.2. The van der Waals surface area contributed by atoms with Crippen LogP contribution in [0.2, 0.25) is 5.02 Å². The molecule has 0 bridgehead atoms. The van der Waals surface area contributed by atoms with Crippen LogP contribution in [0.4, 0.5) is 0 Å². The molecule has 140 valence electrons. The molecule has 0 aliphatic carbocycles. The molecule has 2 rings (SSSR count). The lowest BCUT2D eigenvalue weighted by molar-refractivity contribution is -0.118. The summed E-state index contributed by atoms with van der Waals surface area (Å²) in [6, 6.07) is 16.8. The number of carbonyl (C=O) groups excluding carboxylic acids is 2. The second kappa shape index (κ2) is 10.4. The van der Waals surface area contributed by atoms with Crippen molar-refractivity contribution in [2.24, 2.45) is 5.73 Å². The van der Waals surface area contributed by atoms with Gasteiger partial charge in [0.1, 0.15) is 0 Å². The Morgan fingerprint density at radius 2 is 1.78 bits per heavy atom. The van der Waals surface area contributed by atoms with Crippen LogP contribution in [0.5, 0.6) is 0 Å². The van der Waals surface area contributed by atoms with Crippen molar-refractivity contribution < 1.29 is 9.59 Å². The van der Waals surface area contributed by atoms with E-state index in [1.807, 2.05) is 42.5 Å². The first-order valence-corrected chi connectivity index (χ1v) is 9.09. The highest BCUT2D eigenvalue weighted by Crippen LogP contribution is 2.16. The molecule has 27 heavy (non-hydrogen) atoms. The summed E-state index contributed by atoms with van der Waals surface area (Å²) >= 11 is 11.4. The third-order valence-corrected chi connectivity index (χ3v) is 4.39. The number of thiocarbonyl (C=S) groups is 1. The van der Waals surface area contributed by atoms with Gasteiger partial charge in [0.25, 0.3) is 0 Å². The molecule has 3 N–H and O–H groups in total. The summed E-state index contributed by atoms with van der Waals surface area (Å²) in [4.78, 5) is 25.1. The average Bonchev–Trinajstić information content (AvgIpc) is 2.65. The van der Waals surface area contributed by atoms with Gasteiger partial charge in [0.05, 0.1) is 0 Å². The van der Waals surface area contributed by atoms with Crippen LogP contribution < -0.4 is 11.1 Å². The number of primary amides is 1. The molecule has 0 spiro atoms. The van der Waals surface area contributed by atoms with Crippen molar-refractivity contribution in [1.82, 2.24) is 10.2 Å². The van der Waals surface area contributed by atoms with E-state index in [2.05, 4.69) is 5.32 Å². The topological polar surface area (TPSA) is 75.4 Å². The molecule has 7 heteroatoms. The molecule has 2 aromatic carbocycles. The number of carbonyl (C=O) groups is 2. The van der Waals surface area contributed by atoms with E-state index in [9.17, 15) is 9.59 Å². The van der Waals surface area contributed by atoms with E-state index in [1.54, 1.807) is 23.1 Å². The van der Waals surface area contributed by atoms with Crippen molar-refractivity contribution >= 4 is 46.8 Å². The molecule has 0 fully saturated rings. The molecule has 0 aromatic heterocycles. The van der Waals surface area contributed by atoms with Crippen molar-refractivity contribution in [1.29, 1.82) is 0 Å². The minimum Gasteiger partial charge on any atom is -0.370 e. The third kappa shape index (κ3) is 7.21. The highest BCUT2D eigenvalue weighted by molar-refractivity contribution is 7.80. The van der Waals surface area contributed by atoms with Gasteiger partial charge >= 0.3 is 0 Å². The van der Waals surface area contributed by atoms with Gasteiger partial charge in [-0.15, -0.1) is 0 Å². The summed E-state index contributed by atoms with van der Waals surface area (Å²) in [5.41, 5.74) is 6.98. The molecule has 0 atom stereocenters. The van der Waals surface area contributed by atoms with Gasteiger partial charge in [-0.25, -0.2) is 0 Å². The second-order valence-electron chi connectivity index (χ2n) is 5.77. The number of hydrogen-bond acceptors (Lipinski definition) is 3. The quantitative estimate of drug-likeness (QED) is 0.552. The van der Waals surface area contributed by atoms with E-state index in [0.29, 0.717) is 18.1 Å². The van der Waals surface area contributed by atoms with E-state index in [1.165, 1.54) is 6.08 Å². The van der Waals surface area contributed by atoms with E-state index < -0.39 is 5.91 Å². The van der Waals surface area contributed by atoms with Gasteiger partial charge < -0.3 is 10.6 Å². The number of hydrogen-bond donors (Lipinski definition) is 2. The summed E-state index contributed by atoms with van der Waals surface area (Å²) in [5, 5.41) is 3.43. The van der Waals surface area contributed by atoms with Gasteiger partial charge in [0.2, 0.25) is 11.8 Å². The Morgan fingerprint density at radius 1 is 1.11 bits per heavy atom. The number of benzene rings is 2. The molecule has 2 aromatic rings. The SMILES string of the molecule is NC(=O)CCN(Cc1ccccc1)C(=S)NC(=O)/C=C/c1ccccc1Cl. The van der Waals surface area contributed by atoms with Crippen LogP contribution in [0.15, 0.2) is 60.7 Å². The Balaban J connectivity index is 2.01. The van der Waals surface area contributed by atoms with Crippen LogP contribution >= 0.6 is 23.8 Å². The van der Waals surface area contributed by atoms with Crippen LogP contribution in [-0.2, 0) is 16.1 Å². The van der Waals surface area contributed by atoms with Crippen LogP contribution in [0.1, 0.15) is 17.5 Å². The van der Waals surface area contributed by atoms with Gasteiger partial charge in [-0.2, -0.15) is 0 Å². The van der Waals surface area contributed by atoms with E-state index in [-0.39, 0.29) is 17.4 Å². The zero-order chi connectivity index (χ0) is 19.6. The highest BCUT2D eigenvalue weighted by Gasteiger charge is 2.13. The molecule has 0 saturated heterocycles. The van der Waals surface area contributed by atoms with Crippen LogP contribution in [0, 0.1) is 0 Å². The maximum atomic E-state index is 12.2. The smallest absolute Gasteiger partial charge is 0.250 e. The Kier molecular flexibility index (Phi) is 7.98. The Labute approximate surface area is 168 Å². The predicted molar refractivity (Wildman–Crippen MR) is 112 cm³/mol. The molecule has 2 amide bonds. The normalized spacial score (nSPS) is 10.6.